The highest BCUT2D eigenvalue weighted by atomic mass is 15.3. The molecule has 1 N–H and O–H groups in total. The lowest BCUT2D eigenvalue weighted by Gasteiger charge is -2.31. The van der Waals surface area contributed by atoms with Crippen LogP contribution in [0.5, 0.6) is 0 Å². The molecular weight excluding hydrogens is 212 g/mol. The molecule has 96 valence electrons. The highest BCUT2D eigenvalue weighted by molar-refractivity contribution is 5.00. The topological polar surface area (TPSA) is 33.1 Å². The van der Waals surface area contributed by atoms with Crippen molar-refractivity contribution in [2.75, 3.05) is 20.1 Å². The Morgan fingerprint density at radius 3 is 3.00 bits per heavy atom. The van der Waals surface area contributed by atoms with E-state index in [1.807, 2.05) is 4.68 Å². The van der Waals surface area contributed by atoms with Gasteiger partial charge < -0.3 is 5.32 Å². The highest BCUT2D eigenvalue weighted by Gasteiger charge is 2.19. The Bertz CT molecular complexity index is 345. The maximum absolute atomic E-state index is 4.61. The lowest BCUT2D eigenvalue weighted by atomic mass is 10.1. The lowest BCUT2D eigenvalue weighted by molar-refractivity contribution is 0.185. The molecule has 0 radical (unpaired) electrons. The Kier molecular flexibility index (Phi) is 4.18. The van der Waals surface area contributed by atoms with Crippen molar-refractivity contribution in [2.24, 2.45) is 0 Å². The maximum Gasteiger partial charge on any atom is 0.0764 e. The van der Waals surface area contributed by atoms with E-state index in [1.54, 1.807) is 0 Å². The van der Waals surface area contributed by atoms with E-state index < -0.39 is 0 Å². The average molecular weight is 236 g/mol. The lowest BCUT2D eigenvalue weighted by Crippen LogP contribution is -2.43. The molecule has 1 aromatic rings. The summed E-state index contributed by atoms with van der Waals surface area (Å²) in [5, 5.41) is 7.99. The molecule has 0 aliphatic carbocycles. The van der Waals surface area contributed by atoms with Crippen molar-refractivity contribution in [1.29, 1.82) is 0 Å². The molecule has 1 saturated heterocycles. The number of likely N-dealkylation sites (tertiary alicyclic amines) is 1. The van der Waals surface area contributed by atoms with E-state index in [-0.39, 0.29) is 0 Å². The van der Waals surface area contributed by atoms with Crippen LogP contribution in [0.3, 0.4) is 0 Å². The summed E-state index contributed by atoms with van der Waals surface area (Å²) in [6.45, 7) is 7.65. The number of aromatic nitrogens is 2. The second-order valence-electron chi connectivity index (χ2n) is 5.24. The molecule has 1 unspecified atom stereocenters. The number of hydrogen-bond acceptors (Lipinski definition) is 3. The van der Waals surface area contributed by atoms with Gasteiger partial charge in [0.2, 0.25) is 0 Å². The SMILES string of the molecule is CNC1CCCN(Cc2ccn(C(C)C)n2)C1. The third-order valence-electron chi connectivity index (χ3n) is 3.49. The summed E-state index contributed by atoms with van der Waals surface area (Å²) in [5.74, 6) is 0. The van der Waals surface area contributed by atoms with Crippen molar-refractivity contribution in [3.8, 4) is 0 Å². The number of nitrogens with zero attached hydrogens (tertiary/aromatic N) is 3. The zero-order valence-corrected chi connectivity index (χ0v) is 11.2. The molecule has 2 rings (SSSR count). The van der Waals surface area contributed by atoms with Gasteiger partial charge in [0.1, 0.15) is 0 Å². The third-order valence-corrected chi connectivity index (χ3v) is 3.49. The van der Waals surface area contributed by atoms with Crippen LogP contribution in [-0.2, 0) is 6.54 Å². The summed E-state index contributed by atoms with van der Waals surface area (Å²) in [6.07, 6.45) is 4.67. The molecule has 0 aromatic carbocycles. The van der Waals surface area contributed by atoms with Crippen LogP contribution in [0.25, 0.3) is 0 Å². The van der Waals surface area contributed by atoms with Crippen molar-refractivity contribution in [3.63, 3.8) is 0 Å². The van der Waals surface area contributed by atoms with E-state index in [0.717, 1.165) is 13.1 Å². The second kappa shape index (κ2) is 5.65. The van der Waals surface area contributed by atoms with Gasteiger partial charge in [0.15, 0.2) is 0 Å². The van der Waals surface area contributed by atoms with E-state index >= 15 is 0 Å². The average Bonchev–Trinajstić information content (AvgIpc) is 2.78. The number of nitrogens with one attached hydrogen (secondary N) is 1. The molecule has 17 heavy (non-hydrogen) atoms. The Morgan fingerprint density at radius 2 is 2.35 bits per heavy atom. The minimum Gasteiger partial charge on any atom is -0.316 e. The van der Waals surface area contributed by atoms with Crippen molar-refractivity contribution >= 4 is 0 Å². The van der Waals surface area contributed by atoms with E-state index in [0.29, 0.717) is 12.1 Å². The smallest absolute Gasteiger partial charge is 0.0764 e. The van der Waals surface area contributed by atoms with Gasteiger partial charge in [-0.05, 0) is 46.3 Å². The van der Waals surface area contributed by atoms with Gasteiger partial charge >= 0.3 is 0 Å². The minimum atomic E-state index is 0.454. The number of hydrogen-bond donors (Lipinski definition) is 1. The van der Waals surface area contributed by atoms with Gasteiger partial charge in [0.05, 0.1) is 5.69 Å². The number of piperidine rings is 1. The first-order valence-corrected chi connectivity index (χ1v) is 6.62. The molecule has 0 bridgehead atoms. The van der Waals surface area contributed by atoms with E-state index in [2.05, 4.69) is 48.5 Å². The predicted molar refractivity (Wildman–Crippen MR) is 70.0 cm³/mol. The number of rotatable bonds is 4. The van der Waals surface area contributed by atoms with Crippen molar-refractivity contribution < 1.29 is 0 Å². The Hall–Kier alpha value is -0.870. The predicted octanol–water partition coefficient (Wildman–Crippen LogP) is 1.65. The van der Waals surface area contributed by atoms with Crippen LogP contribution < -0.4 is 5.32 Å². The van der Waals surface area contributed by atoms with E-state index in [4.69, 9.17) is 0 Å². The Morgan fingerprint density at radius 1 is 1.53 bits per heavy atom. The van der Waals surface area contributed by atoms with Crippen LogP contribution in [0.1, 0.15) is 38.4 Å². The Balaban J connectivity index is 1.91. The van der Waals surface area contributed by atoms with Crippen molar-refractivity contribution in [2.45, 2.75) is 45.3 Å². The van der Waals surface area contributed by atoms with Crippen LogP contribution in [0.2, 0.25) is 0 Å². The zero-order valence-electron chi connectivity index (χ0n) is 11.2. The molecular formula is C13H24N4. The molecule has 0 amide bonds. The third kappa shape index (κ3) is 3.30. The number of likely N-dealkylation sites (N-methyl/N-ethyl adjacent to an activating group) is 1. The fourth-order valence-corrected chi connectivity index (χ4v) is 2.41. The van der Waals surface area contributed by atoms with Crippen molar-refractivity contribution in [1.82, 2.24) is 20.0 Å². The molecule has 0 saturated carbocycles. The minimum absolute atomic E-state index is 0.454. The van der Waals surface area contributed by atoms with Gasteiger partial charge in [-0.25, -0.2) is 0 Å². The van der Waals surface area contributed by atoms with Crippen LogP contribution in [0.15, 0.2) is 12.3 Å². The van der Waals surface area contributed by atoms with Crippen LogP contribution in [0, 0.1) is 0 Å². The highest BCUT2D eigenvalue weighted by Crippen LogP contribution is 2.13. The fourth-order valence-electron chi connectivity index (χ4n) is 2.41. The van der Waals surface area contributed by atoms with Crippen molar-refractivity contribution in [3.05, 3.63) is 18.0 Å². The van der Waals surface area contributed by atoms with E-state index in [9.17, 15) is 0 Å². The molecule has 2 heterocycles. The second-order valence-corrected chi connectivity index (χ2v) is 5.24. The first kappa shape index (κ1) is 12.6. The van der Waals surface area contributed by atoms with Gasteiger partial charge in [0.25, 0.3) is 0 Å². The first-order chi connectivity index (χ1) is 8.19. The fraction of sp³-hybridized carbons (Fsp3) is 0.769. The largest absolute Gasteiger partial charge is 0.316 e. The summed E-state index contributed by atoms with van der Waals surface area (Å²) in [5.41, 5.74) is 1.19. The Labute approximate surface area is 104 Å². The summed E-state index contributed by atoms with van der Waals surface area (Å²) < 4.78 is 2.04. The van der Waals surface area contributed by atoms with Gasteiger partial charge in [-0.15, -0.1) is 0 Å². The summed E-state index contributed by atoms with van der Waals surface area (Å²) in [7, 11) is 2.06. The monoisotopic (exact) mass is 236 g/mol. The molecule has 1 aromatic heterocycles. The van der Waals surface area contributed by atoms with E-state index in [1.165, 1.54) is 25.1 Å². The van der Waals surface area contributed by atoms with Gasteiger partial charge in [-0.3, -0.25) is 9.58 Å². The quantitative estimate of drug-likeness (QED) is 0.863. The summed E-state index contributed by atoms with van der Waals surface area (Å²) in [4.78, 5) is 2.50. The summed E-state index contributed by atoms with van der Waals surface area (Å²) in [6, 6.07) is 3.24. The maximum atomic E-state index is 4.61. The van der Waals surface area contributed by atoms with Gasteiger partial charge in [-0.2, -0.15) is 5.10 Å². The molecule has 4 heteroatoms. The van der Waals surface area contributed by atoms with Gasteiger partial charge in [0, 0.05) is 31.4 Å². The standard InChI is InChI=1S/C13H24N4/c1-11(2)17-8-6-13(15-17)10-16-7-4-5-12(9-16)14-3/h6,8,11-12,14H,4-5,7,9-10H2,1-3H3. The molecule has 4 nitrogen and oxygen atoms in total. The molecule has 1 aliphatic heterocycles. The van der Waals surface area contributed by atoms with Crippen LogP contribution >= 0.6 is 0 Å². The summed E-state index contributed by atoms with van der Waals surface area (Å²) >= 11 is 0. The van der Waals surface area contributed by atoms with Crippen LogP contribution in [0.4, 0.5) is 0 Å². The van der Waals surface area contributed by atoms with Crippen LogP contribution in [-0.4, -0.2) is 40.9 Å². The molecule has 1 aliphatic rings. The zero-order chi connectivity index (χ0) is 12.3. The molecule has 1 atom stereocenters. The normalized spacial score (nSPS) is 22.2. The molecule has 1 fully saturated rings. The first-order valence-electron chi connectivity index (χ1n) is 6.62. The van der Waals surface area contributed by atoms with Gasteiger partial charge in [-0.1, -0.05) is 0 Å². The molecule has 0 spiro atoms.